The molecule has 3 unspecified atom stereocenters. The molecule has 0 aromatic heterocycles. The number of benzene rings is 1. The number of aliphatic carboxylic acids is 1. The molecule has 4 N–H and O–H groups in total. The molecule has 8 nitrogen and oxygen atoms in total. The molecule has 0 saturated carbocycles. The summed E-state index contributed by atoms with van der Waals surface area (Å²) in [6.45, 7) is 0.530. The topological polar surface area (TPSA) is 125 Å². The van der Waals surface area contributed by atoms with Crippen molar-refractivity contribution in [2.24, 2.45) is 0 Å². The fourth-order valence-electron chi connectivity index (χ4n) is 2.94. The van der Waals surface area contributed by atoms with Crippen LogP contribution in [0.4, 0.5) is 5.69 Å². The maximum atomic E-state index is 11.1. The van der Waals surface area contributed by atoms with Crippen molar-refractivity contribution in [1.82, 2.24) is 0 Å². The van der Waals surface area contributed by atoms with E-state index in [0.29, 0.717) is 19.3 Å². The Bertz CT molecular complexity index is 607. The Kier molecular flexibility index (Phi) is 6.74. The van der Waals surface area contributed by atoms with E-state index in [-0.39, 0.29) is 13.0 Å². The summed E-state index contributed by atoms with van der Waals surface area (Å²) >= 11 is 0. The summed E-state index contributed by atoms with van der Waals surface area (Å²) in [5, 5.41) is 31.7. The van der Waals surface area contributed by atoms with E-state index in [1.54, 1.807) is 7.05 Å². The highest BCUT2D eigenvalue weighted by atomic mass is 16.5. The van der Waals surface area contributed by atoms with Crippen molar-refractivity contribution in [3.8, 4) is 0 Å². The van der Waals surface area contributed by atoms with Gasteiger partial charge >= 0.3 is 5.97 Å². The SMILES string of the molecule is CNc1ccc(COC=O)c(CCC2CC(O)[C@H](O)C(C(=O)O)O2)c1. The van der Waals surface area contributed by atoms with Crippen LogP contribution in [0.15, 0.2) is 18.2 Å². The highest BCUT2D eigenvalue weighted by Gasteiger charge is 2.40. The Morgan fingerprint density at radius 2 is 2.16 bits per heavy atom. The number of carboxylic acid groups (broad SMARTS) is 1. The van der Waals surface area contributed by atoms with Crippen molar-refractivity contribution >= 4 is 18.1 Å². The Morgan fingerprint density at radius 3 is 2.80 bits per heavy atom. The number of aliphatic hydroxyl groups is 2. The lowest BCUT2D eigenvalue weighted by molar-refractivity contribution is -0.193. The Morgan fingerprint density at radius 1 is 1.40 bits per heavy atom. The predicted octanol–water partition coefficient (Wildman–Crippen LogP) is 0.298. The summed E-state index contributed by atoms with van der Waals surface area (Å²) in [5.74, 6) is -1.30. The second-order valence-corrected chi connectivity index (χ2v) is 5.99. The van der Waals surface area contributed by atoms with Crippen LogP contribution in [-0.4, -0.2) is 59.2 Å². The van der Waals surface area contributed by atoms with Crippen molar-refractivity contribution in [1.29, 1.82) is 0 Å². The molecule has 1 aromatic rings. The van der Waals surface area contributed by atoms with E-state index < -0.39 is 30.4 Å². The smallest absolute Gasteiger partial charge is 0.335 e. The van der Waals surface area contributed by atoms with Gasteiger partial charge in [0, 0.05) is 19.2 Å². The second-order valence-electron chi connectivity index (χ2n) is 5.99. The molecule has 0 aliphatic carbocycles. The number of hydrogen-bond donors (Lipinski definition) is 4. The number of carboxylic acids is 1. The molecule has 0 radical (unpaired) electrons. The first-order valence-electron chi connectivity index (χ1n) is 8.05. The number of aryl methyl sites for hydroxylation is 1. The van der Waals surface area contributed by atoms with Crippen molar-refractivity contribution in [2.45, 2.75) is 50.3 Å². The summed E-state index contributed by atoms with van der Waals surface area (Å²) in [4.78, 5) is 21.6. The highest BCUT2D eigenvalue weighted by molar-refractivity contribution is 5.73. The first-order chi connectivity index (χ1) is 12.0. The van der Waals surface area contributed by atoms with Crippen LogP contribution in [0.2, 0.25) is 0 Å². The summed E-state index contributed by atoms with van der Waals surface area (Å²) in [5.41, 5.74) is 2.68. The van der Waals surface area contributed by atoms with E-state index in [4.69, 9.17) is 14.6 Å². The molecular formula is C17H23NO7. The number of aliphatic hydroxyl groups excluding tert-OH is 2. The highest BCUT2D eigenvalue weighted by Crippen LogP contribution is 2.25. The first kappa shape index (κ1) is 19.2. The normalized spacial score (nSPS) is 26.0. The predicted molar refractivity (Wildman–Crippen MR) is 88.1 cm³/mol. The van der Waals surface area contributed by atoms with Gasteiger partial charge in [-0.3, -0.25) is 4.79 Å². The molecule has 25 heavy (non-hydrogen) atoms. The lowest BCUT2D eigenvalue weighted by atomic mass is 9.93. The van der Waals surface area contributed by atoms with Crippen LogP contribution in [0.25, 0.3) is 0 Å². The number of anilines is 1. The average Bonchev–Trinajstić information content (AvgIpc) is 2.60. The molecule has 8 heteroatoms. The molecule has 4 atom stereocenters. The molecular weight excluding hydrogens is 330 g/mol. The van der Waals surface area contributed by atoms with Crippen molar-refractivity contribution in [3.63, 3.8) is 0 Å². The Balaban J connectivity index is 2.06. The number of rotatable bonds is 8. The minimum Gasteiger partial charge on any atom is -0.479 e. The van der Waals surface area contributed by atoms with Crippen molar-refractivity contribution < 1.29 is 34.4 Å². The molecule has 1 fully saturated rings. The van der Waals surface area contributed by atoms with Gasteiger partial charge in [-0.25, -0.2) is 4.79 Å². The quantitative estimate of drug-likeness (QED) is 0.492. The van der Waals surface area contributed by atoms with Gasteiger partial charge in [-0.1, -0.05) is 6.07 Å². The van der Waals surface area contributed by atoms with Crippen LogP contribution in [0.5, 0.6) is 0 Å². The molecule has 1 heterocycles. The lowest BCUT2D eigenvalue weighted by Gasteiger charge is -2.35. The van der Waals surface area contributed by atoms with E-state index >= 15 is 0 Å². The van der Waals surface area contributed by atoms with Gasteiger partial charge in [0.1, 0.15) is 12.7 Å². The van der Waals surface area contributed by atoms with Crippen molar-refractivity contribution in [2.75, 3.05) is 12.4 Å². The Hall–Kier alpha value is -2.16. The van der Waals surface area contributed by atoms with Gasteiger partial charge in [0.25, 0.3) is 6.47 Å². The summed E-state index contributed by atoms with van der Waals surface area (Å²) < 4.78 is 10.2. The molecule has 138 valence electrons. The van der Waals surface area contributed by atoms with Crippen LogP contribution in [0.1, 0.15) is 24.0 Å². The molecule has 1 aromatic carbocycles. The third-order valence-electron chi connectivity index (χ3n) is 4.33. The minimum atomic E-state index is -1.43. The first-order valence-corrected chi connectivity index (χ1v) is 8.05. The molecule has 1 saturated heterocycles. The second kappa shape index (κ2) is 8.80. The molecule has 2 rings (SSSR count). The van der Waals surface area contributed by atoms with Gasteiger partial charge in [-0.2, -0.15) is 0 Å². The van der Waals surface area contributed by atoms with Gasteiger partial charge in [-0.15, -0.1) is 0 Å². The van der Waals surface area contributed by atoms with E-state index in [9.17, 15) is 19.8 Å². The largest absolute Gasteiger partial charge is 0.479 e. The zero-order valence-electron chi connectivity index (χ0n) is 13.9. The molecule has 0 bridgehead atoms. The van der Waals surface area contributed by atoms with Crippen LogP contribution in [0.3, 0.4) is 0 Å². The zero-order valence-corrected chi connectivity index (χ0v) is 13.9. The maximum Gasteiger partial charge on any atom is 0.335 e. The maximum absolute atomic E-state index is 11.1. The number of ether oxygens (including phenoxy) is 2. The molecule has 0 amide bonds. The number of nitrogens with one attached hydrogen (secondary N) is 1. The third kappa shape index (κ3) is 4.91. The van der Waals surface area contributed by atoms with E-state index in [1.807, 2.05) is 18.2 Å². The van der Waals surface area contributed by atoms with E-state index in [2.05, 4.69) is 5.32 Å². The molecule has 0 spiro atoms. The van der Waals surface area contributed by atoms with Crippen molar-refractivity contribution in [3.05, 3.63) is 29.3 Å². The summed E-state index contributed by atoms with van der Waals surface area (Å²) in [6, 6.07) is 5.64. The van der Waals surface area contributed by atoms with Gasteiger partial charge in [0.2, 0.25) is 0 Å². The number of carbonyl (C=O) groups is 2. The van der Waals surface area contributed by atoms with E-state index in [1.165, 1.54) is 0 Å². The van der Waals surface area contributed by atoms with E-state index in [0.717, 1.165) is 16.8 Å². The van der Waals surface area contributed by atoms with Gasteiger partial charge < -0.3 is 30.1 Å². The monoisotopic (exact) mass is 353 g/mol. The van der Waals surface area contributed by atoms with Crippen LogP contribution >= 0.6 is 0 Å². The van der Waals surface area contributed by atoms with Crippen LogP contribution in [0, 0.1) is 0 Å². The minimum absolute atomic E-state index is 0.146. The van der Waals surface area contributed by atoms with Gasteiger partial charge in [0.05, 0.1) is 12.2 Å². The average molecular weight is 353 g/mol. The van der Waals surface area contributed by atoms with Gasteiger partial charge in [0.15, 0.2) is 6.10 Å². The third-order valence-corrected chi connectivity index (χ3v) is 4.33. The lowest BCUT2D eigenvalue weighted by Crippen LogP contribution is -2.51. The fraction of sp³-hybridized carbons (Fsp3) is 0.529. The van der Waals surface area contributed by atoms with Gasteiger partial charge in [-0.05, 0) is 36.1 Å². The summed E-state index contributed by atoms with van der Waals surface area (Å²) in [7, 11) is 1.79. The number of carbonyl (C=O) groups excluding carboxylic acids is 1. The zero-order chi connectivity index (χ0) is 18.4. The Labute approximate surface area is 145 Å². The summed E-state index contributed by atoms with van der Waals surface area (Å²) in [6.07, 6.45) is -3.31. The van der Waals surface area contributed by atoms with Crippen LogP contribution < -0.4 is 5.32 Å². The molecule has 1 aliphatic heterocycles. The fourth-order valence-corrected chi connectivity index (χ4v) is 2.94. The molecule has 1 aliphatic rings. The standard InChI is InChI=1S/C17H23NO7/c1-18-12-4-2-11(8-24-9-19)10(6-12)3-5-13-7-14(20)15(21)16(25-13)17(22)23/h2,4,6,9,13-16,18,20-21H,3,5,7-8H2,1H3,(H,22,23)/t13?,14?,15-,16?/m0/s1. The van der Waals surface area contributed by atoms with Crippen LogP contribution in [-0.2, 0) is 32.1 Å². The number of hydrogen-bond acceptors (Lipinski definition) is 7.